The van der Waals surface area contributed by atoms with Crippen LogP contribution in [-0.4, -0.2) is 46.1 Å². The smallest absolute Gasteiger partial charge is 0.243 e. The predicted molar refractivity (Wildman–Crippen MR) is 115 cm³/mol. The molecule has 0 radical (unpaired) electrons. The number of hydrogen-bond donors (Lipinski definition) is 0. The Kier molecular flexibility index (Phi) is 6.78. The lowest BCUT2D eigenvalue weighted by atomic mass is 9.93. The van der Waals surface area contributed by atoms with Crippen molar-refractivity contribution in [2.24, 2.45) is 0 Å². The van der Waals surface area contributed by atoms with Crippen LogP contribution < -0.4 is 0 Å². The third-order valence-electron chi connectivity index (χ3n) is 5.45. The second-order valence-corrected chi connectivity index (χ2v) is 8.94. The van der Waals surface area contributed by atoms with Crippen molar-refractivity contribution in [3.63, 3.8) is 0 Å². The number of alkyl halides is 1. The Labute approximate surface area is 176 Å². The fourth-order valence-electron chi connectivity index (χ4n) is 3.72. The SMILES string of the molecule is CC[C@@H](C)N(CC(=O)N1CCc2sccc2[C@H]1c1ccccc1)C(=O)[C@@H](C)Cl. The summed E-state index contributed by atoms with van der Waals surface area (Å²) in [5, 5.41) is 1.45. The lowest BCUT2D eigenvalue weighted by Gasteiger charge is -2.38. The molecule has 1 aromatic heterocycles. The molecule has 3 rings (SSSR count). The molecule has 0 saturated heterocycles. The van der Waals surface area contributed by atoms with Crippen molar-refractivity contribution in [2.75, 3.05) is 13.1 Å². The number of fused-ring (bicyclic) bond motifs is 1. The maximum Gasteiger partial charge on any atom is 0.243 e. The van der Waals surface area contributed by atoms with Gasteiger partial charge >= 0.3 is 0 Å². The molecule has 2 heterocycles. The van der Waals surface area contributed by atoms with Gasteiger partial charge in [0.2, 0.25) is 11.8 Å². The summed E-state index contributed by atoms with van der Waals surface area (Å²) < 4.78 is 0. The van der Waals surface area contributed by atoms with E-state index in [1.54, 1.807) is 23.2 Å². The van der Waals surface area contributed by atoms with E-state index in [1.807, 2.05) is 36.9 Å². The van der Waals surface area contributed by atoms with E-state index in [2.05, 4.69) is 23.6 Å². The zero-order valence-corrected chi connectivity index (χ0v) is 18.2. The molecule has 2 amide bonds. The zero-order valence-electron chi connectivity index (χ0n) is 16.6. The number of carbonyl (C=O) groups is 2. The second-order valence-electron chi connectivity index (χ2n) is 7.29. The number of halogens is 1. The van der Waals surface area contributed by atoms with Crippen molar-refractivity contribution in [3.05, 3.63) is 57.8 Å². The second kappa shape index (κ2) is 9.10. The number of benzene rings is 1. The van der Waals surface area contributed by atoms with Crippen LogP contribution in [0.5, 0.6) is 0 Å². The fraction of sp³-hybridized carbons (Fsp3) is 0.455. The lowest BCUT2D eigenvalue weighted by Crippen LogP contribution is -2.50. The average molecular weight is 419 g/mol. The largest absolute Gasteiger partial charge is 0.330 e. The first-order chi connectivity index (χ1) is 13.4. The van der Waals surface area contributed by atoms with E-state index in [1.165, 1.54) is 10.4 Å². The van der Waals surface area contributed by atoms with Crippen LogP contribution >= 0.6 is 22.9 Å². The summed E-state index contributed by atoms with van der Waals surface area (Å²) in [7, 11) is 0. The van der Waals surface area contributed by atoms with Crippen LogP contribution in [0.2, 0.25) is 0 Å². The van der Waals surface area contributed by atoms with Crippen molar-refractivity contribution in [3.8, 4) is 0 Å². The van der Waals surface area contributed by atoms with E-state index in [4.69, 9.17) is 11.6 Å². The number of nitrogens with zero attached hydrogens (tertiary/aromatic N) is 2. The molecule has 1 aliphatic rings. The minimum absolute atomic E-state index is 0.0309. The van der Waals surface area contributed by atoms with Crippen LogP contribution in [0.4, 0.5) is 0 Å². The van der Waals surface area contributed by atoms with Gasteiger partial charge in [0.25, 0.3) is 0 Å². The molecule has 150 valence electrons. The summed E-state index contributed by atoms with van der Waals surface area (Å²) in [6.07, 6.45) is 1.63. The summed E-state index contributed by atoms with van der Waals surface area (Å²) in [6.45, 7) is 6.36. The highest BCUT2D eigenvalue weighted by Crippen LogP contribution is 2.37. The number of thiophene rings is 1. The molecule has 0 saturated carbocycles. The fourth-order valence-corrected chi connectivity index (χ4v) is 4.75. The molecule has 6 heteroatoms. The standard InChI is InChI=1S/C22H27ClN2O2S/c1-4-15(2)25(22(27)16(3)23)14-20(26)24-12-10-19-18(11-13-28-19)21(24)17-8-6-5-7-9-17/h5-9,11,13,15-16,21H,4,10,12,14H2,1-3H3/t15-,16-,21-/m1/s1. The van der Waals surface area contributed by atoms with Crippen LogP contribution in [0.1, 0.15) is 49.2 Å². The van der Waals surface area contributed by atoms with Gasteiger partial charge in [-0.05, 0) is 49.3 Å². The Morgan fingerprint density at radius 2 is 1.96 bits per heavy atom. The Morgan fingerprint density at radius 1 is 1.25 bits per heavy atom. The Hall–Kier alpha value is -1.85. The third-order valence-corrected chi connectivity index (χ3v) is 6.64. The number of amides is 2. The van der Waals surface area contributed by atoms with Crippen molar-refractivity contribution in [1.82, 2.24) is 9.80 Å². The van der Waals surface area contributed by atoms with E-state index in [0.717, 1.165) is 18.4 Å². The number of hydrogen-bond acceptors (Lipinski definition) is 3. The van der Waals surface area contributed by atoms with E-state index in [0.29, 0.717) is 6.54 Å². The molecule has 1 aromatic carbocycles. The van der Waals surface area contributed by atoms with E-state index in [9.17, 15) is 9.59 Å². The van der Waals surface area contributed by atoms with Crippen molar-refractivity contribution in [1.29, 1.82) is 0 Å². The van der Waals surface area contributed by atoms with Gasteiger partial charge in [0.1, 0.15) is 11.9 Å². The van der Waals surface area contributed by atoms with Crippen molar-refractivity contribution in [2.45, 2.75) is 51.1 Å². The van der Waals surface area contributed by atoms with Gasteiger partial charge in [-0.15, -0.1) is 22.9 Å². The lowest BCUT2D eigenvalue weighted by molar-refractivity contribution is -0.143. The summed E-state index contributed by atoms with van der Waals surface area (Å²) in [6, 6.07) is 12.1. The first-order valence-electron chi connectivity index (χ1n) is 9.79. The Morgan fingerprint density at radius 3 is 2.61 bits per heavy atom. The topological polar surface area (TPSA) is 40.6 Å². The first-order valence-corrected chi connectivity index (χ1v) is 11.1. The minimum Gasteiger partial charge on any atom is -0.330 e. The number of carbonyl (C=O) groups excluding carboxylic acids is 2. The summed E-state index contributed by atoms with van der Waals surface area (Å²) in [5.74, 6) is -0.217. The van der Waals surface area contributed by atoms with Crippen LogP contribution in [0, 0.1) is 0 Å². The van der Waals surface area contributed by atoms with Gasteiger partial charge in [0, 0.05) is 17.5 Å². The molecule has 2 aromatic rings. The molecule has 0 aliphatic carbocycles. The average Bonchev–Trinajstić information content (AvgIpc) is 3.19. The summed E-state index contributed by atoms with van der Waals surface area (Å²) in [5.41, 5.74) is 2.30. The molecule has 4 nitrogen and oxygen atoms in total. The van der Waals surface area contributed by atoms with Gasteiger partial charge in [-0.3, -0.25) is 9.59 Å². The van der Waals surface area contributed by atoms with Gasteiger partial charge in [0.15, 0.2) is 0 Å². The minimum atomic E-state index is -0.642. The normalized spacial score (nSPS) is 18.3. The van der Waals surface area contributed by atoms with Gasteiger partial charge in [-0.2, -0.15) is 0 Å². The highest BCUT2D eigenvalue weighted by Gasteiger charge is 2.35. The van der Waals surface area contributed by atoms with Crippen LogP contribution in [0.3, 0.4) is 0 Å². The van der Waals surface area contributed by atoms with Gasteiger partial charge in [-0.1, -0.05) is 37.3 Å². The molecular formula is C22H27ClN2O2S. The molecule has 3 atom stereocenters. The number of rotatable bonds is 6. The molecule has 0 spiro atoms. The Bertz CT molecular complexity index is 821. The molecule has 1 aliphatic heterocycles. The van der Waals surface area contributed by atoms with Crippen LogP contribution in [0.25, 0.3) is 0 Å². The van der Waals surface area contributed by atoms with Crippen molar-refractivity contribution < 1.29 is 9.59 Å². The van der Waals surface area contributed by atoms with Gasteiger partial charge < -0.3 is 9.80 Å². The van der Waals surface area contributed by atoms with Gasteiger partial charge in [0.05, 0.1) is 6.04 Å². The molecule has 0 bridgehead atoms. The molecule has 28 heavy (non-hydrogen) atoms. The zero-order chi connectivity index (χ0) is 20.3. The van der Waals surface area contributed by atoms with Crippen LogP contribution in [0.15, 0.2) is 41.8 Å². The van der Waals surface area contributed by atoms with Crippen LogP contribution in [-0.2, 0) is 16.0 Å². The molecular weight excluding hydrogens is 392 g/mol. The monoisotopic (exact) mass is 418 g/mol. The Balaban J connectivity index is 1.90. The maximum absolute atomic E-state index is 13.4. The van der Waals surface area contributed by atoms with Gasteiger partial charge in [-0.25, -0.2) is 0 Å². The van der Waals surface area contributed by atoms with E-state index >= 15 is 0 Å². The highest BCUT2D eigenvalue weighted by molar-refractivity contribution is 7.10. The van der Waals surface area contributed by atoms with E-state index in [-0.39, 0.29) is 30.4 Å². The van der Waals surface area contributed by atoms with E-state index < -0.39 is 5.38 Å². The predicted octanol–water partition coefficient (Wildman–Crippen LogP) is 4.48. The maximum atomic E-state index is 13.4. The summed E-state index contributed by atoms with van der Waals surface area (Å²) in [4.78, 5) is 30.8. The highest BCUT2D eigenvalue weighted by atomic mass is 35.5. The van der Waals surface area contributed by atoms with Crippen molar-refractivity contribution >= 4 is 34.8 Å². The molecule has 0 fully saturated rings. The quantitative estimate of drug-likeness (QED) is 0.649. The molecule has 0 unspecified atom stereocenters. The third kappa shape index (κ3) is 4.26. The first kappa shape index (κ1) is 20.9. The molecule has 0 N–H and O–H groups in total. The summed E-state index contributed by atoms with van der Waals surface area (Å²) >= 11 is 7.80.